The van der Waals surface area contributed by atoms with Gasteiger partial charge >= 0.3 is 6.03 Å². The van der Waals surface area contributed by atoms with Gasteiger partial charge in [0.25, 0.3) is 0 Å². The second-order valence-electron chi connectivity index (χ2n) is 5.14. The number of nitrogens with one attached hydrogen (secondary N) is 2. The number of anilines is 1. The largest absolute Gasteiger partial charge is 0.338 e. The third-order valence-electron chi connectivity index (χ3n) is 3.49. The number of pyridine rings is 1. The van der Waals surface area contributed by atoms with Crippen molar-refractivity contribution in [2.45, 2.75) is 6.42 Å². The van der Waals surface area contributed by atoms with Crippen molar-refractivity contribution in [3.63, 3.8) is 0 Å². The quantitative estimate of drug-likeness (QED) is 0.771. The summed E-state index contributed by atoms with van der Waals surface area (Å²) >= 11 is 0. The fraction of sp³-hybridized carbons (Fsp3) is 0.111. The number of hydrogen-bond acceptors (Lipinski definition) is 2. The first-order valence-electron chi connectivity index (χ1n) is 7.35. The third kappa shape index (κ3) is 3.83. The molecule has 2 aromatic carbocycles. The van der Waals surface area contributed by atoms with E-state index in [0.717, 1.165) is 16.5 Å². The zero-order valence-corrected chi connectivity index (χ0v) is 12.4. The predicted octanol–water partition coefficient (Wildman–Crippen LogP) is 3.74. The van der Waals surface area contributed by atoms with Crippen LogP contribution in [0.3, 0.4) is 0 Å². The maximum absolute atomic E-state index is 12.8. The van der Waals surface area contributed by atoms with Gasteiger partial charge in [0.15, 0.2) is 0 Å². The third-order valence-corrected chi connectivity index (χ3v) is 3.49. The van der Waals surface area contributed by atoms with Gasteiger partial charge in [-0.25, -0.2) is 9.18 Å². The standard InChI is InChI=1S/C18H16FN3O/c19-15-8-6-13(7-9-15)10-12-21-18(23)22-16-5-1-3-14-4-2-11-20-17(14)16/h1-9,11H,10,12H2,(H2,21,22,23). The van der Waals surface area contributed by atoms with Gasteiger partial charge in [-0.1, -0.05) is 30.3 Å². The first kappa shape index (κ1) is 15.0. The molecule has 0 saturated heterocycles. The van der Waals surface area contributed by atoms with E-state index < -0.39 is 0 Å². The monoisotopic (exact) mass is 309 g/mol. The molecule has 23 heavy (non-hydrogen) atoms. The van der Waals surface area contributed by atoms with E-state index in [9.17, 15) is 9.18 Å². The number of carbonyl (C=O) groups excluding carboxylic acids is 1. The Bertz CT molecular complexity index is 813. The number of hydrogen-bond donors (Lipinski definition) is 2. The molecule has 3 rings (SSSR count). The van der Waals surface area contributed by atoms with Crippen molar-refractivity contribution in [2.75, 3.05) is 11.9 Å². The summed E-state index contributed by atoms with van der Waals surface area (Å²) in [6, 6.07) is 15.4. The van der Waals surface area contributed by atoms with Crippen molar-refractivity contribution >= 4 is 22.6 Å². The molecule has 2 amide bonds. The van der Waals surface area contributed by atoms with Gasteiger partial charge in [0, 0.05) is 18.1 Å². The minimum Gasteiger partial charge on any atom is -0.338 e. The van der Waals surface area contributed by atoms with Gasteiger partial charge in [-0.3, -0.25) is 4.98 Å². The Morgan fingerprint density at radius 1 is 1.04 bits per heavy atom. The summed E-state index contributed by atoms with van der Waals surface area (Å²) in [5.74, 6) is -0.261. The Hall–Kier alpha value is -2.95. The van der Waals surface area contributed by atoms with Crippen LogP contribution in [0.25, 0.3) is 10.9 Å². The van der Waals surface area contributed by atoms with E-state index in [2.05, 4.69) is 15.6 Å². The molecule has 3 aromatic rings. The predicted molar refractivity (Wildman–Crippen MR) is 88.9 cm³/mol. The molecule has 116 valence electrons. The minimum atomic E-state index is -0.287. The van der Waals surface area contributed by atoms with Crippen molar-refractivity contribution < 1.29 is 9.18 Å². The molecule has 0 aliphatic heterocycles. The van der Waals surface area contributed by atoms with E-state index in [-0.39, 0.29) is 11.8 Å². The van der Waals surface area contributed by atoms with Crippen LogP contribution in [0.2, 0.25) is 0 Å². The summed E-state index contributed by atoms with van der Waals surface area (Å²) in [4.78, 5) is 16.3. The molecule has 0 unspecified atom stereocenters. The number of para-hydroxylation sites is 1. The van der Waals surface area contributed by atoms with E-state index in [1.807, 2.05) is 30.3 Å². The van der Waals surface area contributed by atoms with Crippen molar-refractivity contribution in [1.29, 1.82) is 0 Å². The van der Waals surface area contributed by atoms with Crippen LogP contribution in [0, 0.1) is 5.82 Å². The van der Waals surface area contributed by atoms with Gasteiger partial charge < -0.3 is 10.6 Å². The number of carbonyl (C=O) groups is 1. The molecule has 0 saturated carbocycles. The Morgan fingerprint density at radius 2 is 1.83 bits per heavy atom. The summed E-state index contributed by atoms with van der Waals surface area (Å²) in [7, 11) is 0. The summed E-state index contributed by atoms with van der Waals surface area (Å²) in [5.41, 5.74) is 2.39. The van der Waals surface area contributed by atoms with E-state index >= 15 is 0 Å². The maximum atomic E-state index is 12.8. The van der Waals surface area contributed by atoms with Crippen LogP contribution in [0.5, 0.6) is 0 Å². The van der Waals surface area contributed by atoms with Crippen LogP contribution in [0.1, 0.15) is 5.56 Å². The summed E-state index contributed by atoms with van der Waals surface area (Å²) in [5, 5.41) is 6.56. The molecule has 0 aliphatic rings. The Balaban J connectivity index is 1.57. The molecule has 4 nitrogen and oxygen atoms in total. The highest BCUT2D eigenvalue weighted by Gasteiger charge is 2.05. The van der Waals surface area contributed by atoms with Gasteiger partial charge in [-0.05, 0) is 36.2 Å². The molecule has 0 spiro atoms. The SMILES string of the molecule is O=C(NCCc1ccc(F)cc1)Nc1cccc2cccnc12. The number of urea groups is 1. The lowest BCUT2D eigenvalue weighted by Crippen LogP contribution is -2.30. The van der Waals surface area contributed by atoms with Gasteiger partial charge in [-0.15, -0.1) is 0 Å². The summed E-state index contributed by atoms with van der Waals surface area (Å²) in [6.45, 7) is 0.468. The average molecular weight is 309 g/mol. The van der Waals surface area contributed by atoms with Crippen LogP contribution in [-0.2, 0) is 6.42 Å². The second kappa shape index (κ2) is 6.87. The van der Waals surface area contributed by atoms with E-state index in [0.29, 0.717) is 18.7 Å². The topological polar surface area (TPSA) is 54.0 Å². The molecule has 0 bridgehead atoms. The lowest BCUT2D eigenvalue weighted by molar-refractivity contribution is 0.252. The Labute approximate surface area is 133 Å². The number of benzene rings is 2. The van der Waals surface area contributed by atoms with Crippen molar-refractivity contribution in [1.82, 2.24) is 10.3 Å². The van der Waals surface area contributed by atoms with Crippen molar-refractivity contribution in [3.8, 4) is 0 Å². The highest BCUT2D eigenvalue weighted by molar-refractivity contribution is 5.99. The molecule has 0 aliphatic carbocycles. The number of fused-ring (bicyclic) bond motifs is 1. The first-order chi connectivity index (χ1) is 11.2. The van der Waals surface area contributed by atoms with Crippen molar-refractivity contribution in [3.05, 3.63) is 72.2 Å². The maximum Gasteiger partial charge on any atom is 0.319 e. The molecular formula is C18H16FN3O. The fourth-order valence-corrected chi connectivity index (χ4v) is 2.34. The van der Waals surface area contributed by atoms with Crippen LogP contribution in [0.4, 0.5) is 14.9 Å². The zero-order chi connectivity index (χ0) is 16.1. The smallest absolute Gasteiger partial charge is 0.319 e. The Kier molecular flexibility index (Phi) is 4.47. The average Bonchev–Trinajstić information content (AvgIpc) is 2.57. The molecule has 0 fully saturated rings. The second-order valence-corrected chi connectivity index (χ2v) is 5.14. The normalized spacial score (nSPS) is 10.5. The Morgan fingerprint density at radius 3 is 2.65 bits per heavy atom. The number of rotatable bonds is 4. The number of halogens is 1. The van der Waals surface area contributed by atoms with Crippen LogP contribution < -0.4 is 10.6 Å². The van der Waals surface area contributed by atoms with Gasteiger partial charge in [0.05, 0.1) is 11.2 Å². The van der Waals surface area contributed by atoms with Crippen LogP contribution in [0.15, 0.2) is 60.8 Å². The summed E-state index contributed by atoms with van der Waals surface area (Å²) < 4.78 is 12.8. The van der Waals surface area contributed by atoms with E-state index in [1.165, 1.54) is 12.1 Å². The lowest BCUT2D eigenvalue weighted by Gasteiger charge is -2.09. The van der Waals surface area contributed by atoms with E-state index in [1.54, 1.807) is 18.3 Å². The highest BCUT2D eigenvalue weighted by Crippen LogP contribution is 2.20. The fourth-order valence-electron chi connectivity index (χ4n) is 2.34. The molecule has 0 radical (unpaired) electrons. The molecule has 2 N–H and O–H groups in total. The van der Waals surface area contributed by atoms with Gasteiger partial charge in [-0.2, -0.15) is 0 Å². The van der Waals surface area contributed by atoms with Gasteiger partial charge in [0.2, 0.25) is 0 Å². The van der Waals surface area contributed by atoms with Crippen molar-refractivity contribution in [2.24, 2.45) is 0 Å². The number of nitrogens with zero attached hydrogens (tertiary/aromatic N) is 1. The minimum absolute atomic E-state index is 0.261. The molecular weight excluding hydrogens is 293 g/mol. The molecule has 1 aromatic heterocycles. The van der Waals surface area contributed by atoms with Gasteiger partial charge in [0.1, 0.15) is 5.82 Å². The molecule has 5 heteroatoms. The molecule has 0 atom stereocenters. The zero-order valence-electron chi connectivity index (χ0n) is 12.4. The number of aromatic nitrogens is 1. The molecule has 1 heterocycles. The van der Waals surface area contributed by atoms with Crippen LogP contribution >= 0.6 is 0 Å². The van der Waals surface area contributed by atoms with E-state index in [4.69, 9.17) is 0 Å². The number of amides is 2. The first-order valence-corrected chi connectivity index (χ1v) is 7.35. The lowest BCUT2D eigenvalue weighted by atomic mass is 10.1. The summed E-state index contributed by atoms with van der Waals surface area (Å²) in [6.07, 6.45) is 2.33. The highest BCUT2D eigenvalue weighted by atomic mass is 19.1. The van der Waals surface area contributed by atoms with Crippen LogP contribution in [-0.4, -0.2) is 17.6 Å².